The monoisotopic (exact) mass is 925 g/mol. The molecule has 65 heavy (non-hydrogen) atoms. The van der Waals surface area contributed by atoms with Crippen LogP contribution in [-0.2, 0) is 44.4 Å². The summed E-state index contributed by atoms with van der Waals surface area (Å²) in [7, 11) is -5.03. The van der Waals surface area contributed by atoms with E-state index in [1.807, 2.05) is 12.1 Å². The van der Waals surface area contributed by atoms with Crippen LogP contribution in [-0.4, -0.2) is 103 Å². The molecule has 3 heterocycles. The van der Waals surface area contributed by atoms with Crippen LogP contribution in [0.1, 0.15) is 43.9 Å². The first-order valence-corrected chi connectivity index (χ1v) is 23.4. The van der Waals surface area contributed by atoms with Crippen LogP contribution in [0.25, 0.3) is 22.5 Å². The Bertz CT molecular complexity index is 2800. The van der Waals surface area contributed by atoms with Gasteiger partial charge in [0.1, 0.15) is 32.6 Å². The Morgan fingerprint density at radius 3 is 1.92 bits per heavy atom. The summed E-state index contributed by atoms with van der Waals surface area (Å²) in [4.78, 5) is 18.8. The summed E-state index contributed by atoms with van der Waals surface area (Å²) in [5.74, 6) is 1.58. The highest BCUT2D eigenvalue weighted by Gasteiger charge is 2.40. The third kappa shape index (κ3) is 11.0. The lowest BCUT2D eigenvalue weighted by Crippen LogP contribution is -2.41. The summed E-state index contributed by atoms with van der Waals surface area (Å²) in [5.41, 5.74) is 8.10. The van der Waals surface area contributed by atoms with Gasteiger partial charge in [-0.1, -0.05) is 42.5 Å². The van der Waals surface area contributed by atoms with Crippen LogP contribution >= 0.6 is 0 Å². The average Bonchev–Trinajstić information content (AvgIpc) is 3.95. The van der Waals surface area contributed by atoms with Crippen molar-refractivity contribution in [3.8, 4) is 39.8 Å². The average molecular weight is 926 g/mol. The Labute approximate surface area is 378 Å². The number of methoxy groups -OCH3 is 3. The molecule has 342 valence electrons. The summed E-state index contributed by atoms with van der Waals surface area (Å²) in [6.07, 6.45) is 2.56. The maximum absolute atomic E-state index is 15.9. The number of carbonyl (C=O) groups excluding carboxylic acids is 1. The number of nitrogens with two attached hydrogens (primary N) is 1. The molecule has 3 N–H and O–H groups in total. The van der Waals surface area contributed by atoms with Crippen molar-refractivity contribution in [1.29, 1.82) is 0 Å². The van der Waals surface area contributed by atoms with Crippen LogP contribution in [0.2, 0.25) is 0 Å². The van der Waals surface area contributed by atoms with Gasteiger partial charge in [-0.15, -0.1) is 10.2 Å². The van der Waals surface area contributed by atoms with Gasteiger partial charge in [-0.2, -0.15) is 9.10 Å². The first kappa shape index (κ1) is 46.4. The maximum atomic E-state index is 15.9. The number of hydrogen-bond acceptors (Lipinski definition) is 14. The van der Waals surface area contributed by atoms with Crippen molar-refractivity contribution < 1.29 is 40.6 Å². The number of benzene rings is 4. The smallest absolute Gasteiger partial charge is 0.410 e. The minimum atomic E-state index is -4.91. The molecule has 20 heteroatoms. The van der Waals surface area contributed by atoms with E-state index in [2.05, 4.69) is 25.1 Å². The molecule has 6 aromatic rings. The Morgan fingerprint density at radius 1 is 0.815 bits per heavy atom. The van der Waals surface area contributed by atoms with Crippen LogP contribution in [0.3, 0.4) is 0 Å². The van der Waals surface area contributed by atoms with E-state index in [1.54, 1.807) is 94.6 Å². The molecular formula is C45H51N9O9S2. The second-order valence-electron chi connectivity index (χ2n) is 16.3. The molecule has 1 amide bonds. The van der Waals surface area contributed by atoms with E-state index in [-0.39, 0.29) is 61.8 Å². The number of carbonyl (C=O) groups is 1. The van der Waals surface area contributed by atoms with Gasteiger partial charge in [0.05, 0.1) is 39.1 Å². The second-order valence-corrected chi connectivity index (χ2v) is 19.9. The Hall–Kier alpha value is -6.61. The molecule has 0 saturated carbocycles. The lowest BCUT2D eigenvalue weighted by molar-refractivity contribution is 0.0292. The van der Waals surface area contributed by atoms with Crippen molar-refractivity contribution in [3.63, 3.8) is 0 Å². The third-order valence-corrected chi connectivity index (χ3v) is 14.0. The molecule has 2 aromatic heterocycles. The zero-order valence-corrected chi connectivity index (χ0v) is 38.5. The summed E-state index contributed by atoms with van der Waals surface area (Å²) in [5, 5.41) is 13.4. The van der Waals surface area contributed by atoms with Gasteiger partial charge in [0.25, 0.3) is 0 Å². The first-order chi connectivity index (χ1) is 31.0. The van der Waals surface area contributed by atoms with E-state index in [4.69, 9.17) is 24.7 Å². The number of amides is 1. The number of nitrogens with one attached hydrogen (secondary N) is 1. The van der Waals surface area contributed by atoms with Crippen molar-refractivity contribution in [2.24, 2.45) is 0 Å². The van der Waals surface area contributed by atoms with Crippen molar-refractivity contribution >= 4 is 31.8 Å². The minimum absolute atomic E-state index is 0.0154. The molecule has 18 nitrogen and oxygen atoms in total. The van der Waals surface area contributed by atoms with Crippen molar-refractivity contribution in [1.82, 2.24) is 39.1 Å². The molecule has 0 radical (unpaired) electrons. The van der Waals surface area contributed by atoms with Crippen LogP contribution in [0.5, 0.6) is 17.2 Å². The fourth-order valence-electron chi connectivity index (χ4n) is 7.26. The van der Waals surface area contributed by atoms with Gasteiger partial charge >= 0.3 is 6.09 Å². The molecule has 1 atom stereocenters. The molecule has 1 aliphatic heterocycles. The Balaban J connectivity index is 1.43. The zero-order chi connectivity index (χ0) is 46.5. The number of likely N-dealkylation sites (tertiary alicyclic amines) is 1. The number of ether oxygens (including phenoxy) is 4. The minimum Gasteiger partial charge on any atom is -0.497 e. The van der Waals surface area contributed by atoms with Gasteiger partial charge in [-0.3, -0.25) is 4.98 Å². The maximum Gasteiger partial charge on any atom is 0.410 e. The lowest BCUT2D eigenvalue weighted by Gasteiger charge is -2.27. The molecule has 1 unspecified atom stereocenters. The highest BCUT2D eigenvalue weighted by molar-refractivity contribution is 7.92. The van der Waals surface area contributed by atoms with Crippen molar-refractivity contribution in [2.75, 3.05) is 40.2 Å². The quantitative estimate of drug-likeness (QED) is 0.118. The zero-order valence-electron chi connectivity index (χ0n) is 36.8. The fraction of sp³-hybridized carbons (Fsp3) is 0.311. The number of anilines is 1. The van der Waals surface area contributed by atoms with Crippen LogP contribution < -0.4 is 24.7 Å². The number of nitrogens with zero attached hydrogens (tertiary/aromatic N) is 7. The normalized spacial score (nSPS) is 14.4. The molecule has 0 aliphatic carbocycles. The second kappa shape index (κ2) is 19.2. The van der Waals surface area contributed by atoms with E-state index in [0.717, 1.165) is 5.56 Å². The standard InChI is InChI=1S/C45H51N9O9S2/c1-45(2,3)63-44(55)52-22-21-35(29-52)50-64(56,57)40-20-19-39(33-23-34(46)25-47-24-33)41(43-48-51-54(49-43)28-32-11-17-38(62-6)18-12-32)42(40)65(58,59)53(26-30-7-13-36(60-4)14-8-30)27-31-9-15-37(61-5)16-10-31/h7-20,23-25,35,50H,21-22,26-29,46H2,1-6H3. The predicted molar refractivity (Wildman–Crippen MR) is 242 cm³/mol. The SMILES string of the molecule is COc1ccc(CN(Cc2ccc(OC)cc2)S(=O)(=O)c2c(S(=O)(=O)NC3CCN(C(=O)OC(C)(C)C)C3)ccc(-c3cncc(N)c3)c2-c2nnn(Cc3ccc(OC)cc3)n2)cc1. The van der Waals surface area contributed by atoms with E-state index < -0.39 is 47.6 Å². The largest absolute Gasteiger partial charge is 0.497 e. The Kier molecular flexibility index (Phi) is 13.7. The topological polar surface area (TPSA) is 223 Å². The molecule has 1 saturated heterocycles. The molecule has 1 fully saturated rings. The van der Waals surface area contributed by atoms with E-state index in [1.165, 1.54) is 52.7 Å². The van der Waals surface area contributed by atoms with E-state index >= 15 is 8.42 Å². The number of tetrazole rings is 1. The van der Waals surface area contributed by atoms with Gasteiger partial charge in [-0.05, 0) is 103 Å². The van der Waals surface area contributed by atoms with Gasteiger partial charge in [0.15, 0.2) is 0 Å². The molecule has 7 rings (SSSR count). The van der Waals surface area contributed by atoms with Crippen LogP contribution in [0, 0.1) is 0 Å². The molecule has 1 aliphatic rings. The number of rotatable bonds is 16. The van der Waals surface area contributed by atoms with Gasteiger partial charge < -0.3 is 29.6 Å². The van der Waals surface area contributed by atoms with Gasteiger partial charge in [0.2, 0.25) is 25.9 Å². The highest BCUT2D eigenvalue weighted by atomic mass is 32.2. The highest BCUT2D eigenvalue weighted by Crippen LogP contribution is 2.42. The predicted octanol–water partition coefficient (Wildman–Crippen LogP) is 5.74. The van der Waals surface area contributed by atoms with E-state index in [9.17, 15) is 13.2 Å². The number of sulfonamides is 2. The van der Waals surface area contributed by atoms with Crippen LogP contribution in [0.15, 0.2) is 113 Å². The number of aromatic nitrogens is 5. The Morgan fingerprint density at radius 2 is 1.38 bits per heavy atom. The number of pyridine rings is 1. The fourth-order valence-corrected chi connectivity index (χ4v) is 10.9. The summed E-state index contributed by atoms with van der Waals surface area (Å²) < 4.78 is 87.3. The van der Waals surface area contributed by atoms with Crippen LogP contribution in [0.4, 0.5) is 10.5 Å². The van der Waals surface area contributed by atoms with Gasteiger partial charge in [-0.25, -0.2) is 26.4 Å². The van der Waals surface area contributed by atoms with Gasteiger partial charge in [0, 0.05) is 50.2 Å². The summed E-state index contributed by atoms with van der Waals surface area (Å²) in [6, 6.07) is 24.5. The lowest BCUT2D eigenvalue weighted by atomic mass is 10.00. The van der Waals surface area contributed by atoms with E-state index in [0.29, 0.717) is 33.9 Å². The molecular weight excluding hydrogens is 875 g/mol. The molecule has 0 bridgehead atoms. The number of hydrogen-bond donors (Lipinski definition) is 2. The van der Waals surface area contributed by atoms with Crippen molar-refractivity contribution in [2.45, 2.75) is 68.3 Å². The third-order valence-electron chi connectivity index (χ3n) is 10.4. The molecule has 0 spiro atoms. The van der Waals surface area contributed by atoms with Crippen molar-refractivity contribution in [3.05, 3.63) is 120 Å². The summed E-state index contributed by atoms with van der Waals surface area (Å²) >= 11 is 0. The molecule has 4 aromatic carbocycles. The number of nitrogen functional groups attached to an aromatic ring is 1. The summed E-state index contributed by atoms with van der Waals surface area (Å²) in [6.45, 7) is 5.15. The first-order valence-electron chi connectivity index (χ1n) is 20.5.